The van der Waals surface area contributed by atoms with E-state index in [1.54, 1.807) is 18.2 Å². The zero-order valence-corrected chi connectivity index (χ0v) is 16.5. The summed E-state index contributed by atoms with van der Waals surface area (Å²) in [5, 5.41) is 12.6. The monoisotopic (exact) mass is 419 g/mol. The molecule has 1 heterocycles. The van der Waals surface area contributed by atoms with Gasteiger partial charge in [-0.3, -0.25) is 0 Å². The molecule has 0 bridgehead atoms. The Balaban J connectivity index is 1.36. The first kappa shape index (κ1) is 21.8. The second-order valence-corrected chi connectivity index (χ2v) is 6.96. The summed E-state index contributed by atoms with van der Waals surface area (Å²) in [6.07, 6.45) is -2.52. The molecule has 30 heavy (non-hydrogen) atoms. The van der Waals surface area contributed by atoms with E-state index in [-0.39, 0.29) is 5.75 Å². The fourth-order valence-corrected chi connectivity index (χ4v) is 3.45. The summed E-state index contributed by atoms with van der Waals surface area (Å²) in [7, 11) is 0. The maximum absolute atomic E-state index is 12.3. The number of fused-ring (bicyclic) bond motifs is 1. The summed E-state index contributed by atoms with van der Waals surface area (Å²) in [5.74, 6) is 0.372. The van der Waals surface area contributed by atoms with Gasteiger partial charge in [0.2, 0.25) is 0 Å². The molecular formula is C22H24F3N3O2. The molecular weight excluding hydrogens is 395 g/mol. The van der Waals surface area contributed by atoms with Crippen molar-refractivity contribution in [2.75, 3.05) is 44.3 Å². The van der Waals surface area contributed by atoms with Crippen LogP contribution in [-0.4, -0.2) is 45.6 Å². The molecule has 2 aromatic carbocycles. The Morgan fingerprint density at radius 3 is 2.53 bits per heavy atom. The molecule has 160 valence electrons. The molecule has 1 N–H and O–H groups in total. The summed E-state index contributed by atoms with van der Waals surface area (Å²) in [5.41, 5.74) is 3.00. The quantitative estimate of drug-likeness (QED) is 0.592. The van der Waals surface area contributed by atoms with Crippen molar-refractivity contribution in [3.05, 3.63) is 53.6 Å². The fourth-order valence-electron chi connectivity index (χ4n) is 3.45. The third-order valence-electron chi connectivity index (χ3n) is 4.77. The highest BCUT2D eigenvalue weighted by Crippen LogP contribution is 2.31. The molecule has 0 saturated carbocycles. The number of ether oxygens (including phenoxy) is 2. The minimum Gasteiger partial charge on any atom is -0.488 e. The molecule has 0 saturated heterocycles. The number of nitrogens with one attached hydrogen (secondary N) is 1. The maximum atomic E-state index is 12.3. The molecule has 0 aromatic heterocycles. The molecule has 0 amide bonds. The van der Waals surface area contributed by atoms with Gasteiger partial charge in [-0.05, 0) is 43.1 Å². The third kappa shape index (κ3) is 6.04. The lowest BCUT2D eigenvalue weighted by molar-refractivity contribution is -0.153. The maximum Gasteiger partial charge on any atom is 0.422 e. The number of rotatable bonds is 10. The summed E-state index contributed by atoms with van der Waals surface area (Å²) >= 11 is 0. The summed E-state index contributed by atoms with van der Waals surface area (Å²) in [4.78, 5) is 2.25. The predicted octanol–water partition coefficient (Wildman–Crippen LogP) is 3.92. The van der Waals surface area contributed by atoms with E-state index in [0.29, 0.717) is 18.9 Å². The minimum atomic E-state index is -4.39. The number of nitriles is 1. The first-order chi connectivity index (χ1) is 14.5. The zero-order valence-electron chi connectivity index (χ0n) is 16.5. The van der Waals surface area contributed by atoms with Gasteiger partial charge in [0.05, 0.1) is 11.3 Å². The van der Waals surface area contributed by atoms with Crippen LogP contribution in [0.4, 0.5) is 18.9 Å². The number of para-hydroxylation sites is 3. The highest BCUT2D eigenvalue weighted by molar-refractivity contribution is 5.67. The van der Waals surface area contributed by atoms with Crippen molar-refractivity contribution in [1.82, 2.24) is 5.32 Å². The van der Waals surface area contributed by atoms with Crippen molar-refractivity contribution >= 4 is 5.69 Å². The van der Waals surface area contributed by atoms with E-state index in [1.807, 2.05) is 12.1 Å². The molecule has 5 nitrogen and oxygen atoms in total. The van der Waals surface area contributed by atoms with Gasteiger partial charge in [0.1, 0.15) is 12.7 Å². The normalized spacial score (nSPS) is 13.1. The molecule has 0 radical (unpaired) electrons. The second kappa shape index (κ2) is 10.2. The molecule has 1 aliphatic heterocycles. The van der Waals surface area contributed by atoms with Crippen LogP contribution in [0.25, 0.3) is 0 Å². The first-order valence-corrected chi connectivity index (χ1v) is 9.87. The van der Waals surface area contributed by atoms with Crippen LogP contribution in [0.15, 0.2) is 42.5 Å². The Morgan fingerprint density at radius 2 is 1.80 bits per heavy atom. The SMILES string of the molecule is N#Cc1cccc2c1N(CCCNCCOc1ccccc1OCC(F)(F)F)CC2. The van der Waals surface area contributed by atoms with Crippen LogP contribution in [-0.2, 0) is 6.42 Å². The Morgan fingerprint density at radius 1 is 1.03 bits per heavy atom. The number of alkyl halides is 3. The summed E-state index contributed by atoms with van der Waals surface area (Å²) in [6.45, 7) is 2.08. The molecule has 3 rings (SSSR count). The van der Waals surface area contributed by atoms with Gasteiger partial charge in [0.25, 0.3) is 0 Å². The van der Waals surface area contributed by atoms with Crippen molar-refractivity contribution in [2.24, 2.45) is 0 Å². The van der Waals surface area contributed by atoms with Crippen LogP contribution in [0.5, 0.6) is 11.5 Å². The van der Waals surface area contributed by atoms with E-state index in [9.17, 15) is 18.4 Å². The fraction of sp³-hybridized carbons (Fsp3) is 0.409. The molecule has 0 spiro atoms. The number of anilines is 1. The van der Waals surface area contributed by atoms with Gasteiger partial charge in [-0.2, -0.15) is 18.4 Å². The van der Waals surface area contributed by atoms with E-state index < -0.39 is 12.8 Å². The highest BCUT2D eigenvalue weighted by atomic mass is 19.4. The Hall–Kier alpha value is -2.92. The molecule has 0 unspecified atom stereocenters. The number of hydrogen-bond donors (Lipinski definition) is 1. The Labute approximate surface area is 174 Å². The van der Waals surface area contributed by atoms with Crippen molar-refractivity contribution < 1.29 is 22.6 Å². The van der Waals surface area contributed by atoms with Gasteiger partial charge in [-0.15, -0.1) is 0 Å². The van der Waals surface area contributed by atoms with Crippen molar-refractivity contribution in [3.63, 3.8) is 0 Å². The van der Waals surface area contributed by atoms with Crippen LogP contribution in [0.1, 0.15) is 17.5 Å². The van der Waals surface area contributed by atoms with E-state index in [1.165, 1.54) is 11.6 Å². The van der Waals surface area contributed by atoms with Gasteiger partial charge in [-0.25, -0.2) is 0 Å². The zero-order chi connectivity index (χ0) is 21.4. The van der Waals surface area contributed by atoms with Gasteiger partial charge >= 0.3 is 6.18 Å². The molecule has 0 fully saturated rings. The highest BCUT2D eigenvalue weighted by Gasteiger charge is 2.29. The summed E-state index contributed by atoms with van der Waals surface area (Å²) < 4.78 is 47.4. The minimum absolute atomic E-state index is 0.0795. The first-order valence-electron chi connectivity index (χ1n) is 9.87. The molecule has 1 aliphatic rings. The topological polar surface area (TPSA) is 57.5 Å². The van der Waals surface area contributed by atoms with Gasteiger partial charge < -0.3 is 19.7 Å². The van der Waals surface area contributed by atoms with Crippen molar-refractivity contribution in [1.29, 1.82) is 5.26 Å². The van der Waals surface area contributed by atoms with Crippen LogP contribution >= 0.6 is 0 Å². The van der Waals surface area contributed by atoms with E-state index >= 15 is 0 Å². The van der Waals surface area contributed by atoms with Crippen LogP contribution < -0.4 is 19.7 Å². The van der Waals surface area contributed by atoms with E-state index in [4.69, 9.17) is 9.47 Å². The molecule has 0 atom stereocenters. The lowest BCUT2D eigenvalue weighted by atomic mass is 10.1. The van der Waals surface area contributed by atoms with E-state index in [0.717, 1.165) is 43.7 Å². The Bertz CT molecular complexity index is 881. The number of benzene rings is 2. The third-order valence-corrected chi connectivity index (χ3v) is 4.77. The Kier molecular flexibility index (Phi) is 7.41. The van der Waals surface area contributed by atoms with Crippen LogP contribution in [0.3, 0.4) is 0 Å². The smallest absolute Gasteiger partial charge is 0.422 e. The predicted molar refractivity (Wildman–Crippen MR) is 108 cm³/mol. The van der Waals surface area contributed by atoms with E-state index in [2.05, 4.69) is 22.4 Å². The second-order valence-electron chi connectivity index (χ2n) is 6.96. The van der Waals surface area contributed by atoms with Crippen LogP contribution in [0, 0.1) is 11.3 Å². The average Bonchev–Trinajstić information content (AvgIpc) is 3.15. The molecule has 8 heteroatoms. The number of halogens is 3. The van der Waals surface area contributed by atoms with Gasteiger partial charge in [0, 0.05) is 19.6 Å². The molecule has 0 aliphatic carbocycles. The van der Waals surface area contributed by atoms with Gasteiger partial charge in [0.15, 0.2) is 18.1 Å². The largest absolute Gasteiger partial charge is 0.488 e. The lowest BCUT2D eigenvalue weighted by Crippen LogP contribution is -2.28. The number of hydrogen-bond acceptors (Lipinski definition) is 5. The summed E-state index contributed by atoms with van der Waals surface area (Å²) in [6, 6.07) is 14.4. The lowest BCUT2D eigenvalue weighted by Gasteiger charge is -2.20. The van der Waals surface area contributed by atoms with Crippen molar-refractivity contribution in [3.8, 4) is 17.6 Å². The number of nitrogens with zero attached hydrogens (tertiary/aromatic N) is 2. The van der Waals surface area contributed by atoms with Crippen LogP contribution in [0.2, 0.25) is 0 Å². The standard InChI is InChI=1S/C22H24F3N3O2/c23-22(24,25)16-30-20-8-2-1-7-19(20)29-14-11-27-10-4-12-28-13-9-17-5-3-6-18(15-26)21(17)28/h1-3,5-8,27H,4,9-14,16H2. The van der Waals surface area contributed by atoms with Gasteiger partial charge in [-0.1, -0.05) is 24.3 Å². The average molecular weight is 419 g/mol. The van der Waals surface area contributed by atoms with Crippen molar-refractivity contribution in [2.45, 2.75) is 19.0 Å². The molecule has 2 aromatic rings.